The summed E-state index contributed by atoms with van der Waals surface area (Å²) < 4.78 is 7.55. The molecule has 0 amide bonds. The lowest BCUT2D eigenvalue weighted by atomic mass is 10.1. The number of nitrogens with zero attached hydrogens (tertiary/aromatic N) is 4. The zero-order valence-electron chi connectivity index (χ0n) is 18.0. The quantitative estimate of drug-likeness (QED) is 0.507. The van der Waals surface area contributed by atoms with E-state index in [1.165, 1.54) is 16.8 Å². The van der Waals surface area contributed by atoms with Gasteiger partial charge in [-0.3, -0.25) is 9.38 Å². The molecule has 0 radical (unpaired) electrons. The standard InChI is InChI=1S/C25H27N5O/c1-3-19-6-4-5-18(2)23(19)28-25-24(27-22-17-26-11-12-30(22)25)20-7-9-21(10-8-20)29-13-15-31-16-14-29/h4-12,17,28H,3,13-16H2,1-2H3. The predicted octanol–water partition coefficient (Wildman–Crippen LogP) is 4.85. The molecule has 1 aliphatic heterocycles. The fraction of sp³-hybridized carbons (Fsp3) is 0.280. The Balaban J connectivity index is 1.57. The van der Waals surface area contributed by atoms with Crippen molar-refractivity contribution in [1.29, 1.82) is 0 Å². The van der Waals surface area contributed by atoms with Gasteiger partial charge in [0.25, 0.3) is 0 Å². The second-order valence-corrected chi connectivity index (χ2v) is 7.85. The van der Waals surface area contributed by atoms with Gasteiger partial charge in [-0.25, -0.2) is 4.98 Å². The minimum atomic E-state index is 0.783. The van der Waals surface area contributed by atoms with Crippen LogP contribution in [0.1, 0.15) is 18.1 Å². The van der Waals surface area contributed by atoms with Gasteiger partial charge in [-0.15, -0.1) is 0 Å². The molecule has 0 bridgehead atoms. The number of aromatic nitrogens is 3. The molecule has 0 atom stereocenters. The molecule has 0 spiro atoms. The summed E-state index contributed by atoms with van der Waals surface area (Å²) in [6, 6.07) is 15.1. The van der Waals surface area contributed by atoms with Crippen LogP contribution in [0.2, 0.25) is 0 Å². The highest BCUT2D eigenvalue weighted by atomic mass is 16.5. The number of nitrogens with one attached hydrogen (secondary N) is 1. The van der Waals surface area contributed by atoms with Crippen LogP contribution in [0.3, 0.4) is 0 Å². The van der Waals surface area contributed by atoms with Crippen LogP contribution in [0.4, 0.5) is 17.2 Å². The first-order chi connectivity index (χ1) is 15.2. The van der Waals surface area contributed by atoms with Gasteiger partial charge in [0.05, 0.1) is 19.4 Å². The van der Waals surface area contributed by atoms with Gasteiger partial charge in [0.1, 0.15) is 11.5 Å². The predicted molar refractivity (Wildman–Crippen MR) is 125 cm³/mol. The van der Waals surface area contributed by atoms with Crippen molar-refractivity contribution in [3.63, 3.8) is 0 Å². The van der Waals surface area contributed by atoms with Gasteiger partial charge in [-0.2, -0.15) is 0 Å². The number of rotatable bonds is 5. The number of morpholine rings is 1. The average molecular weight is 414 g/mol. The third kappa shape index (κ3) is 3.75. The number of hydrogen-bond acceptors (Lipinski definition) is 5. The molecule has 0 unspecified atom stereocenters. The molecule has 4 aromatic rings. The Morgan fingerprint density at radius 2 is 1.87 bits per heavy atom. The first-order valence-electron chi connectivity index (χ1n) is 10.9. The number of para-hydroxylation sites is 1. The van der Waals surface area contributed by atoms with Gasteiger partial charge < -0.3 is 15.0 Å². The Bertz CT molecular complexity index is 1190. The zero-order valence-corrected chi connectivity index (χ0v) is 18.0. The lowest BCUT2D eigenvalue weighted by molar-refractivity contribution is 0.122. The second-order valence-electron chi connectivity index (χ2n) is 7.85. The van der Waals surface area contributed by atoms with Crippen LogP contribution in [0.5, 0.6) is 0 Å². The molecule has 1 N–H and O–H groups in total. The number of aryl methyl sites for hydroxylation is 2. The minimum absolute atomic E-state index is 0.783. The molecular weight excluding hydrogens is 386 g/mol. The zero-order chi connectivity index (χ0) is 21.2. The molecule has 0 aliphatic carbocycles. The smallest absolute Gasteiger partial charge is 0.157 e. The number of ether oxygens (including phenoxy) is 1. The topological polar surface area (TPSA) is 54.7 Å². The third-order valence-corrected chi connectivity index (χ3v) is 5.93. The highest BCUT2D eigenvalue weighted by molar-refractivity contribution is 5.81. The normalized spacial score (nSPS) is 14.2. The van der Waals surface area contributed by atoms with Crippen molar-refractivity contribution < 1.29 is 4.74 Å². The molecule has 3 heterocycles. The van der Waals surface area contributed by atoms with Gasteiger partial charge in [-0.05, 0) is 36.6 Å². The molecule has 1 saturated heterocycles. The van der Waals surface area contributed by atoms with Crippen LogP contribution < -0.4 is 10.2 Å². The lowest BCUT2D eigenvalue weighted by Crippen LogP contribution is -2.36. The van der Waals surface area contributed by atoms with Crippen molar-refractivity contribution in [3.05, 3.63) is 72.2 Å². The van der Waals surface area contributed by atoms with E-state index in [0.717, 1.165) is 61.1 Å². The molecule has 0 saturated carbocycles. The second kappa shape index (κ2) is 8.40. The molecule has 6 heteroatoms. The monoisotopic (exact) mass is 413 g/mol. The maximum absolute atomic E-state index is 5.48. The number of imidazole rings is 1. The number of hydrogen-bond donors (Lipinski definition) is 1. The van der Waals surface area contributed by atoms with E-state index in [-0.39, 0.29) is 0 Å². The number of fused-ring (bicyclic) bond motifs is 1. The number of benzene rings is 2. The van der Waals surface area contributed by atoms with E-state index in [1.54, 1.807) is 12.4 Å². The summed E-state index contributed by atoms with van der Waals surface area (Å²) >= 11 is 0. The molecule has 2 aromatic carbocycles. The lowest BCUT2D eigenvalue weighted by Gasteiger charge is -2.28. The van der Waals surface area contributed by atoms with Gasteiger partial charge in [0.2, 0.25) is 0 Å². The van der Waals surface area contributed by atoms with E-state index in [4.69, 9.17) is 9.72 Å². The summed E-state index contributed by atoms with van der Waals surface area (Å²) in [6.07, 6.45) is 6.52. The Kier molecular flexibility index (Phi) is 5.30. The fourth-order valence-electron chi connectivity index (χ4n) is 4.20. The van der Waals surface area contributed by atoms with Crippen LogP contribution >= 0.6 is 0 Å². The summed E-state index contributed by atoms with van der Waals surface area (Å²) in [7, 11) is 0. The van der Waals surface area contributed by atoms with Crippen LogP contribution in [0, 0.1) is 6.92 Å². The van der Waals surface area contributed by atoms with E-state index in [1.807, 2.05) is 6.20 Å². The van der Waals surface area contributed by atoms with Gasteiger partial charge >= 0.3 is 0 Å². The molecule has 158 valence electrons. The molecular formula is C25H27N5O. The highest BCUT2D eigenvalue weighted by Gasteiger charge is 2.17. The van der Waals surface area contributed by atoms with Crippen molar-refractivity contribution in [2.45, 2.75) is 20.3 Å². The van der Waals surface area contributed by atoms with Crippen LogP contribution in [0.25, 0.3) is 16.9 Å². The van der Waals surface area contributed by atoms with Gasteiger partial charge in [0.15, 0.2) is 5.65 Å². The Hall–Kier alpha value is -3.38. The molecule has 6 nitrogen and oxygen atoms in total. The van der Waals surface area contributed by atoms with E-state index in [0.29, 0.717) is 0 Å². The highest BCUT2D eigenvalue weighted by Crippen LogP contribution is 2.34. The fourth-order valence-corrected chi connectivity index (χ4v) is 4.20. The first-order valence-corrected chi connectivity index (χ1v) is 10.9. The van der Waals surface area contributed by atoms with Crippen molar-refractivity contribution in [1.82, 2.24) is 14.4 Å². The van der Waals surface area contributed by atoms with Crippen LogP contribution in [-0.4, -0.2) is 40.7 Å². The third-order valence-electron chi connectivity index (χ3n) is 5.93. The average Bonchev–Trinajstić information content (AvgIpc) is 3.19. The van der Waals surface area contributed by atoms with E-state index < -0.39 is 0 Å². The summed E-state index contributed by atoms with van der Waals surface area (Å²) in [5, 5.41) is 3.71. The molecule has 2 aromatic heterocycles. The van der Waals surface area contributed by atoms with E-state index >= 15 is 0 Å². The largest absolute Gasteiger partial charge is 0.378 e. The first kappa shape index (κ1) is 19.6. The summed E-state index contributed by atoms with van der Waals surface area (Å²) in [5.41, 5.74) is 7.70. The Morgan fingerprint density at radius 3 is 2.65 bits per heavy atom. The molecule has 31 heavy (non-hydrogen) atoms. The van der Waals surface area contributed by atoms with Crippen molar-refractivity contribution in [2.75, 3.05) is 36.5 Å². The summed E-state index contributed by atoms with van der Waals surface area (Å²) in [6.45, 7) is 7.75. The van der Waals surface area contributed by atoms with Crippen molar-refractivity contribution >= 4 is 22.8 Å². The van der Waals surface area contributed by atoms with E-state index in [9.17, 15) is 0 Å². The maximum Gasteiger partial charge on any atom is 0.157 e. The summed E-state index contributed by atoms with van der Waals surface area (Å²) in [5.74, 6) is 0.959. The summed E-state index contributed by atoms with van der Waals surface area (Å²) in [4.78, 5) is 11.5. The molecule has 1 fully saturated rings. The maximum atomic E-state index is 5.48. The minimum Gasteiger partial charge on any atom is -0.378 e. The number of anilines is 3. The molecule has 1 aliphatic rings. The Labute approximate surface area is 182 Å². The van der Waals surface area contributed by atoms with Gasteiger partial charge in [-0.1, -0.05) is 37.3 Å². The molecule has 5 rings (SSSR count). The SMILES string of the molecule is CCc1cccc(C)c1Nc1c(-c2ccc(N3CCOCC3)cc2)nc2cnccn12. The van der Waals surface area contributed by atoms with Crippen molar-refractivity contribution in [3.8, 4) is 11.3 Å². The Morgan fingerprint density at radius 1 is 1.06 bits per heavy atom. The van der Waals surface area contributed by atoms with E-state index in [2.05, 4.69) is 75.9 Å². The van der Waals surface area contributed by atoms with Crippen LogP contribution in [-0.2, 0) is 11.2 Å². The van der Waals surface area contributed by atoms with Crippen LogP contribution in [0.15, 0.2) is 61.1 Å². The van der Waals surface area contributed by atoms with Gasteiger partial charge in [0, 0.05) is 42.4 Å². The van der Waals surface area contributed by atoms with Crippen molar-refractivity contribution in [2.24, 2.45) is 0 Å².